The summed E-state index contributed by atoms with van der Waals surface area (Å²) in [7, 11) is 0. The molecule has 0 spiro atoms. The summed E-state index contributed by atoms with van der Waals surface area (Å²) in [5.41, 5.74) is 0.626. The Morgan fingerprint density at radius 2 is 2.36 bits per heavy atom. The van der Waals surface area contributed by atoms with Gasteiger partial charge >= 0.3 is 0 Å². The van der Waals surface area contributed by atoms with Crippen LogP contribution in [0.5, 0.6) is 0 Å². The minimum Gasteiger partial charge on any atom is -0.464 e. The summed E-state index contributed by atoms with van der Waals surface area (Å²) in [6.45, 7) is 3.27. The lowest BCUT2D eigenvalue weighted by molar-refractivity contribution is 0.101. The Labute approximate surface area is 70.2 Å². The number of aryl methyl sites for hydroxylation is 1. The van der Waals surface area contributed by atoms with Crippen LogP contribution in [0.3, 0.4) is 0 Å². The minimum absolute atomic E-state index is 0.0163. The first-order chi connectivity index (χ1) is 5.15. The van der Waals surface area contributed by atoms with Crippen LogP contribution in [0, 0.1) is 6.92 Å². The fourth-order valence-corrected chi connectivity index (χ4v) is 1.09. The van der Waals surface area contributed by atoms with Crippen molar-refractivity contribution in [2.75, 3.05) is 0 Å². The molecule has 0 amide bonds. The first kappa shape index (κ1) is 8.34. The largest absolute Gasteiger partial charge is 0.464 e. The van der Waals surface area contributed by atoms with E-state index in [-0.39, 0.29) is 5.78 Å². The van der Waals surface area contributed by atoms with Gasteiger partial charge in [-0.25, -0.2) is 0 Å². The average molecular weight is 173 g/mol. The summed E-state index contributed by atoms with van der Waals surface area (Å²) < 4.78 is 5.17. The number of Topliss-reactive ketones (excluding diaryl/α,β-unsaturated/α-hetero) is 1. The molecule has 0 saturated heterocycles. The van der Waals surface area contributed by atoms with Gasteiger partial charge in [0.15, 0.2) is 5.78 Å². The molecule has 0 aliphatic carbocycles. The number of hydrogen-bond acceptors (Lipinski definition) is 2. The highest BCUT2D eigenvalue weighted by Gasteiger charge is 2.09. The van der Waals surface area contributed by atoms with Gasteiger partial charge in [-0.2, -0.15) is 0 Å². The van der Waals surface area contributed by atoms with Crippen molar-refractivity contribution < 1.29 is 9.21 Å². The Morgan fingerprint density at radius 1 is 1.73 bits per heavy atom. The molecule has 1 rings (SSSR count). The highest BCUT2D eigenvalue weighted by Crippen LogP contribution is 2.16. The summed E-state index contributed by atoms with van der Waals surface area (Å²) in [4.78, 5) is 10.9. The van der Waals surface area contributed by atoms with Gasteiger partial charge < -0.3 is 4.42 Å². The third-order valence-electron chi connectivity index (χ3n) is 1.48. The summed E-state index contributed by atoms with van der Waals surface area (Å²) in [6.07, 6.45) is 0. The molecule has 0 aliphatic heterocycles. The van der Waals surface area contributed by atoms with Gasteiger partial charge in [-0.05, 0) is 19.9 Å². The zero-order valence-corrected chi connectivity index (χ0v) is 7.23. The van der Waals surface area contributed by atoms with Gasteiger partial charge in [-0.3, -0.25) is 4.79 Å². The number of hydrogen-bond donors (Lipinski definition) is 0. The van der Waals surface area contributed by atoms with Crippen LogP contribution < -0.4 is 0 Å². The molecule has 0 saturated carbocycles. The fourth-order valence-electron chi connectivity index (χ4n) is 0.959. The molecule has 0 fully saturated rings. The molecule has 0 N–H and O–H groups in total. The van der Waals surface area contributed by atoms with Crippen molar-refractivity contribution >= 4 is 17.4 Å². The number of carbonyl (C=O) groups excluding carboxylic acids is 1. The lowest BCUT2D eigenvalue weighted by Gasteiger charge is -1.86. The second-order valence-corrected chi connectivity index (χ2v) is 2.64. The highest BCUT2D eigenvalue weighted by atomic mass is 35.5. The molecule has 1 heterocycles. The fraction of sp³-hybridized carbons (Fsp3) is 0.375. The number of ketones is 1. The highest BCUT2D eigenvalue weighted by molar-refractivity contribution is 6.16. The second kappa shape index (κ2) is 3.09. The molecular formula is C8H9ClO2. The SMILES string of the molecule is CC(=O)c1cc(CCl)oc1C. The van der Waals surface area contributed by atoms with E-state index in [0.717, 1.165) is 0 Å². The van der Waals surface area contributed by atoms with Gasteiger partial charge in [0, 0.05) is 0 Å². The lowest BCUT2D eigenvalue weighted by atomic mass is 10.2. The number of rotatable bonds is 2. The van der Waals surface area contributed by atoms with E-state index in [2.05, 4.69) is 0 Å². The van der Waals surface area contributed by atoms with E-state index in [4.69, 9.17) is 16.0 Å². The molecule has 11 heavy (non-hydrogen) atoms. The van der Waals surface area contributed by atoms with Crippen molar-refractivity contribution in [1.82, 2.24) is 0 Å². The van der Waals surface area contributed by atoms with Crippen molar-refractivity contribution in [3.05, 3.63) is 23.2 Å². The predicted octanol–water partition coefficient (Wildman–Crippen LogP) is 2.53. The van der Waals surface area contributed by atoms with Crippen molar-refractivity contribution in [2.24, 2.45) is 0 Å². The molecule has 0 radical (unpaired) electrons. The van der Waals surface area contributed by atoms with E-state index in [1.165, 1.54) is 6.92 Å². The van der Waals surface area contributed by atoms with Crippen LogP contribution in [0.25, 0.3) is 0 Å². The molecule has 60 valence electrons. The smallest absolute Gasteiger partial charge is 0.163 e. The van der Waals surface area contributed by atoms with Crippen LogP contribution in [0.1, 0.15) is 28.8 Å². The third kappa shape index (κ3) is 1.63. The molecule has 0 aliphatic rings. The average Bonchev–Trinajstić information content (AvgIpc) is 2.30. The molecule has 1 aromatic rings. The molecule has 1 aromatic heterocycles. The first-order valence-corrected chi connectivity index (χ1v) is 3.85. The van der Waals surface area contributed by atoms with Gasteiger partial charge in [0.2, 0.25) is 0 Å². The van der Waals surface area contributed by atoms with E-state index in [9.17, 15) is 4.79 Å². The standard InChI is InChI=1S/C8H9ClO2/c1-5(10)8-3-7(4-9)11-6(8)2/h3H,4H2,1-2H3. The number of halogens is 1. The van der Waals surface area contributed by atoms with Gasteiger partial charge in [0.05, 0.1) is 11.4 Å². The number of carbonyl (C=O) groups is 1. The van der Waals surface area contributed by atoms with E-state index in [1.807, 2.05) is 0 Å². The van der Waals surface area contributed by atoms with Crippen LogP contribution in [0.4, 0.5) is 0 Å². The summed E-state index contributed by atoms with van der Waals surface area (Å²) >= 11 is 5.51. The zero-order valence-electron chi connectivity index (χ0n) is 6.48. The maximum Gasteiger partial charge on any atom is 0.163 e. The Morgan fingerprint density at radius 3 is 2.64 bits per heavy atom. The number of furan rings is 1. The van der Waals surface area contributed by atoms with Crippen molar-refractivity contribution in [1.29, 1.82) is 0 Å². The third-order valence-corrected chi connectivity index (χ3v) is 1.74. The summed E-state index contributed by atoms with van der Waals surface area (Å²) in [6, 6.07) is 1.69. The van der Waals surface area contributed by atoms with E-state index < -0.39 is 0 Å². The van der Waals surface area contributed by atoms with Crippen molar-refractivity contribution in [3.63, 3.8) is 0 Å². The Balaban J connectivity index is 3.07. The Hall–Kier alpha value is -0.760. The quantitative estimate of drug-likeness (QED) is 0.507. The topological polar surface area (TPSA) is 30.2 Å². The first-order valence-electron chi connectivity index (χ1n) is 3.31. The molecule has 0 aromatic carbocycles. The molecular weight excluding hydrogens is 164 g/mol. The Kier molecular flexibility index (Phi) is 2.35. The van der Waals surface area contributed by atoms with Gasteiger partial charge in [-0.15, -0.1) is 11.6 Å². The van der Waals surface area contributed by atoms with Crippen LogP contribution in [0.15, 0.2) is 10.5 Å². The summed E-state index contributed by atoms with van der Waals surface area (Å²) in [5, 5.41) is 0. The molecule has 0 unspecified atom stereocenters. The van der Waals surface area contributed by atoms with E-state index in [1.54, 1.807) is 13.0 Å². The molecule has 2 nitrogen and oxygen atoms in total. The Bertz CT molecular complexity index is 276. The summed E-state index contributed by atoms with van der Waals surface area (Å²) in [5.74, 6) is 1.62. The maximum atomic E-state index is 10.9. The molecule has 3 heteroatoms. The van der Waals surface area contributed by atoms with Gasteiger partial charge in [0.1, 0.15) is 11.5 Å². The normalized spacial score (nSPS) is 10.1. The predicted molar refractivity (Wildman–Crippen MR) is 43.0 cm³/mol. The van der Waals surface area contributed by atoms with Gasteiger partial charge in [0.25, 0.3) is 0 Å². The monoisotopic (exact) mass is 172 g/mol. The maximum absolute atomic E-state index is 10.9. The minimum atomic E-state index is 0.0163. The van der Waals surface area contributed by atoms with Crippen LogP contribution in [-0.2, 0) is 5.88 Å². The van der Waals surface area contributed by atoms with Crippen LogP contribution in [-0.4, -0.2) is 5.78 Å². The lowest BCUT2D eigenvalue weighted by Crippen LogP contribution is -1.90. The van der Waals surface area contributed by atoms with E-state index in [0.29, 0.717) is 23.0 Å². The van der Waals surface area contributed by atoms with Crippen LogP contribution in [0.2, 0.25) is 0 Å². The van der Waals surface area contributed by atoms with Gasteiger partial charge in [-0.1, -0.05) is 0 Å². The van der Waals surface area contributed by atoms with Crippen molar-refractivity contribution in [2.45, 2.75) is 19.7 Å². The van der Waals surface area contributed by atoms with Crippen LogP contribution >= 0.6 is 11.6 Å². The van der Waals surface area contributed by atoms with E-state index >= 15 is 0 Å². The van der Waals surface area contributed by atoms with Crippen molar-refractivity contribution in [3.8, 4) is 0 Å². The molecule has 0 bridgehead atoms. The molecule has 0 atom stereocenters. The number of alkyl halides is 1. The second-order valence-electron chi connectivity index (χ2n) is 2.37. The zero-order chi connectivity index (χ0) is 8.43.